The summed E-state index contributed by atoms with van der Waals surface area (Å²) in [6.07, 6.45) is -0.403. The summed E-state index contributed by atoms with van der Waals surface area (Å²) < 4.78 is 1.74. The third-order valence-corrected chi connectivity index (χ3v) is 6.26. The zero-order valence-electron chi connectivity index (χ0n) is 20.4. The second-order valence-electron chi connectivity index (χ2n) is 9.87. The molecule has 0 unspecified atom stereocenters. The Labute approximate surface area is 205 Å². The minimum absolute atomic E-state index is 0.229. The van der Waals surface area contributed by atoms with Crippen molar-refractivity contribution < 1.29 is 14.7 Å². The third-order valence-electron chi connectivity index (χ3n) is 6.26. The van der Waals surface area contributed by atoms with E-state index in [-0.39, 0.29) is 11.9 Å². The van der Waals surface area contributed by atoms with Crippen molar-refractivity contribution in [3.63, 3.8) is 0 Å². The van der Waals surface area contributed by atoms with Gasteiger partial charge in [0, 0.05) is 24.2 Å². The quantitative estimate of drug-likeness (QED) is 0.594. The number of benzene rings is 2. The maximum Gasteiger partial charge on any atom is 0.408 e. The normalized spacial score (nSPS) is 15.6. The highest BCUT2D eigenvalue weighted by molar-refractivity contribution is 5.94. The number of aryl methyl sites for hydroxylation is 1. The first-order chi connectivity index (χ1) is 16.6. The molecule has 1 fully saturated rings. The van der Waals surface area contributed by atoms with Gasteiger partial charge in [0.05, 0.1) is 29.1 Å². The van der Waals surface area contributed by atoms with Crippen LogP contribution < -0.4 is 0 Å². The number of likely N-dealkylation sites (tertiary alicyclic amines) is 1. The van der Waals surface area contributed by atoms with E-state index in [0.29, 0.717) is 30.8 Å². The van der Waals surface area contributed by atoms with Gasteiger partial charge in [0.15, 0.2) is 5.69 Å². The molecular weight excluding hydrogens is 442 g/mol. The molecule has 0 bridgehead atoms. The minimum atomic E-state index is -0.983. The molecule has 2 heterocycles. The number of carbonyl (C=O) groups is 2. The van der Waals surface area contributed by atoms with Gasteiger partial charge in [0.1, 0.15) is 0 Å². The van der Waals surface area contributed by atoms with Gasteiger partial charge in [-0.2, -0.15) is 10.4 Å². The lowest BCUT2D eigenvalue weighted by Gasteiger charge is -2.37. The van der Waals surface area contributed by atoms with Crippen molar-refractivity contribution in [1.82, 2.24) is 19.6 Å². The number of aromatic nitrogens is 2. The van der Waals surface area contributed by atoms with Gasteiger partial charge in [-0.05, 0) is 64.4 Å². The van der Waals surface area contributed by atoms with Crippen LogP contribution in [0.25, 0.3) is 16.9 Å². The topological polar surface area (TPSA) is 102 Å². The molecule has 3 aromatic rings. The van der Waals surface area contributed by atoms with Gasteiger partial charge in [0.2, 0.25) is 0 Å². The molecule has 1 atom stereocenters. The van der Waals surface area contributed by atoms with E-state index in [1.165, 1.54) is 4.90 Å². The van der Waals surface area contributed by atoms with Crippen LogP contribution in [-0.2, 0) is 0 Å². The van der Waals surface area contributed by atoms with E-state index >= 15 is 0 Å². The van der Waals surface area contributed by atoms with Crippen LogP contribution >= 0.6 is 0 Å². The van der Waals surface area contributed by atoms with E-state index < -0.39 is 11.6 Å². The van der Waals surface area contributed by atoms with Crippen LogP contribution in [0.4, 0.5) is 4.79 Å². The van der Waals surface area contributed by atoms with Crippen LogP contribution in [0.15, 0.2) is 54.6 Å². The Morgan fingerprint density at radius 2 is 1.77 bits per heavy atom. The van der Waals surface area contributed by atoms with Gasteiger partial charge in [-0.25, -0.2) is 9.48 Å². The standard InChI is InChI=1S/C27H29N5O3/c1-18-5-11-21(12-6-18)32-24(20-9-7-19(16-28)8-10-20)15-23(29-32)25(33)30-14-13-22(17-30)31(26(34)35)27(2,3)4/h5-12,15,22H,13-14,17H2,1-4H3,(H,34,35)/t22-/m0/s1. The van der Waals surface area contributed by atoms with Crippen molar-refractivity contribution in [3.8, 4) is 23.0 Å². The monoisotopic (exact) mass is 471 g/mol. The molecule has 2 aromatic carbocycles. The zero-order valence-corrected chi connectivity index (χ0v) is 20.4. The molecule has 1 aromatic heterocycles. The van der Waals surface area contributed by atoms with E-state index in [1.54, 1.807) is 27.8 Å². The molecule has 0 aliphatic carbocycles. The van der Waals surface area contributed by atoms with E-state index in [2.05, 4.69) is 11.2 Å². The maximum absolute atomic E-state index is 13.5. The highest BCUT2D eigenvalue weighted by Gasteiger charge is 2.39. The van der Waals surface area contributed by atoms with Crippen LogP contribution in [0.2, 0.25) is 0 Å². The van der Waals surface area contributed by atoms with Crippen molar-refractivity contribution in [2.75, 3.05) is 13.1 Å². The fourth-order valence-corrected chi connectivity index (χ4v) is 4.58. The third kappa shape index (κ3) is 4.90. The Morgan fingerprint density at radius 1 is 1.11 bits per heavy atom. The number of carboxylic acid groups (broad SMARTS) is 1. The average molecular weight is 472 g/mol. The number of amides is 2. The van der Waals surface area contributed by atoms with Crippen molar-refractivity contribution in [1.29, 1.82) is 5.26 Å². The first-order valence-electron chi connectivity index (χ1n) is 11.6. The Bertz CT molecular complexity index is 1280. The largest absolute Gasteiger partial charge is 0.465 e. The van der Waals surface area contributed by atoms with Crippen molar-refractivity contribution in [3.05, 3.63) is 71.4 Å². The second kappa shape index (κ2) is 9.26. The molecule has 1 aliphatic rings. The molecule has 0 saturated carbocycles. The molecule has 4 rings (SSSR count). The molecule has 1 aliphatic heterocycles. The number of hydrogen-bond acceptors (Lipinski definition) is 4. The van der Waals surface area contributed by atoms with Gasteiger partial charge < -0.3 is 10.0 Å². The fourth-order valence-electron chi connectivity index (χ4n) is 4.58. The lowest BCUT2D eigenvalue weighted by Crippen LogP contribution is -2.52. The molecule has 2 amide bonds. The summed E-state index contributed by atoms with van der Waals surface area (Å²) in [5, 5.41) is 23.5. The summed E-state index contributed by atoms with van der Waals surface area (Å²) in [6, 6.07) is 18.6. The smallest absolute Gasteiger partial charge is 0.408 e. The van der Waals surface area contributed by atoms with Crippen molar-refractivity contribution in [2.24, 2.45) is 0 Å². The van der Waals surface area contributed by atoms with Gasteiger partial charge in [-0.15, -0.1) is 0 Å². The molecule has 1 saturated heterocycles. The summed E-state index contributed by atoms with van der Waals surface area (Å²) in [5.74, 6) is -0.229. The van der Waals surface area contributed by atoms with E-state index in [1.807, 2.05) is 64.1 Å². The number of nitriles is 1. The van der Waals surface area contributed by atoms with Crippen LogP contribution in [0, 0.1) is 18.3 Å². The number of nitrogens with zero attached hydrogens (tertiary/aromatic N) is 5. The molecule has 1 N–H and O–H groups in total. The molecule has 0 radical (unpaired) electrons. The van der Waals surface area contributed by atoms with E-state index in [4.69, 9.17) is 5.26 Å². The van der Waals surface area contributed by atoms with E-state index in [9.17, 15) is 14.7 Å². The first kappa shape index (κ1) is 24.0. The maximum atomic E-state index is 13.5. The van der Waals surface area contributed by atoms with Crippen LogP contribution in [0.5, 0.6) is 0 Å². The Balaban J connectivity index is 1.67. The lowest BCUT2D eigenvalue weighted by atomic mass is 10.0. The molecule has 8 nitrogen and oxygen atoms in total. The first-order valence-corrected chi connectivity index (χ1v) is 11.6. The Hall–Kier alpha value is -4.12. The van der Waals surface area contributed by atoms with Crippen molar-refractivity contribution >= 4 is 12.0 Å². The molecule has 0 spiro atoms. The van der Waals surface area contributed by atoms with Gasteiger partial charge >= 0.3 is 6.09 Å². The highest BCUT2D eigenvalue weighted by atomic mass is 16.4. The van der Waals surface area contributed by atoms with Crippen LogP contribution in [-0.4, -0.2) is 61.4 Å². The Morgan fingerprint density at radius 3 is 2.34 bits per heavy atom. The second-order valence-corrected chi connectivity index (χ2v) is 9.87. The molecular formula is C27H29N5O3. The zero-order chi connectivity index (χ0) is 25.3. The van der Waals surface area contributed by atoms with Gasteiger partial charge in [-0.3, -0.25) is 9.69 Å². The van der Waals surface area contributed by atoms with Crippen molar-refractivity contribution in [2.45, 2.75) is 45.7 Å². The average Bonchev–Trinajstić information content (AvgIpc) is 3.46. The number of hydrogen-bond donors (Lipinski definition) is 1. The SMILES string of the molecule is Cc1ccc(-n2nc(C(=O)N3CC[C@H](N(C(=O)O)C(C)(C)C)C3)cc2-c2ccc(C#N)cc2)cc1. The summed E-state index contributed by atoms with van der Waals surface area (Å²) >= 11 is 0. The predicted octanol–water partition coefficient (Wildman–Crippen LogP) is 4.71. The number of rotatable bonds is 4. The number of carbonyl (C=O) groups excluding carboxylic acids is 1. The van der Waals surface area contributed by atoms with E-state index in [0.717, 1.165) is 22.5 Å². The minimum Gasteiger partial charge on any atom is -0.465 e. The Kier molecular flexibility index (Phi) is 6.35. The molecule has 180 valence electrons. The van der Waals surface area contributed by atoms with Gasteiger partial charge in [0.25, 0.3) is 5.91 Å². The molecule has 8 heteroatoms. The van der Waals surface area contributed by atoms with Crippen LogP contribution in [0.3, 0.4) is 0 Å². The van der Waals surface area contributed by atoms with Gasteiger partial charge in [-0.1, -0.05) is 29.8 Å². The fraction of sp³-hybridized carbons (Fsp3) is 0.333. The summed E-state index contributed by atoms with van der Waals surface area (Å²) in [4.78, 5) is 28.5. The lowest BCUT2D eigenvalue weighted by molar-refractivity contribution is 0.0646. The summed E-state index contributed by atoms with van der Waals surface area (Å²) in [5.41, 5.74) is 3.78. The van der Waals surface area contributed by atoms with Crippen LogP contribution in [0.1, 0.15) is 48.8 Å². The molecule has 35 heavy (non-hydrogen) atoms. The summed E-state index contributed by atoms with van der Waals surface area (Å²) in [7, 11) is 0. The summed E-state index contributed by atoms with van der Waals surface area (Å²) in [6.45, 7) is 8.38. The predicted molar refractivity (Wildman–Crippen MR) is 132 cm³/mol. The highest BCUT2D eigenvalue weighted by Crippen LogP contribution is 2.28.